The van der Waals surface area contributed by atoms with E-state index in [0.717, 1.165) is 18.7 Å². The van der Waals surface area contributed by atoms with Crippen molar-refractivity contribution in [3.8, 4) is 5.75 Å². The van der Waals surface area contributed by atoms with Gasteiger partial charge < -0.3 is 9.84 Å². The number of hydrogen-bond acceptors (Lipinski definition) is 4. The van der Waals surface area contributed by atoms with E-state index in [1.807, 2.05) is 19.2 Å². The number of hydrogen-bond donors (Lipinski definition) is 1. The van der Waals surface area contributed by atoms with Crippen molar-refractivity contribution in [2.45, 2.75) is 25.5 Å². The maximum Gasteiger partial charge on any atom is 0.123 e. The van der Waals surface area contributed by atoms with E-state index in [-0.39, 0.29) is 12.4 Å². The Bertz CT molecular complexity index is 662. The molecule has 4 nitrogen and oxygen atoms in total. The molecule has 0 unspecified atom stereocenters. The van der Waals surface area contributed by atoms with Gasteiger partial charge in [0.15, 0.2) is 0 Å². The molecule has 23 heavy (non-hydrogen) atoms. The Morgan fingerprint density at radius 2 is 2.09 bits per heavy atom. The topological polar surface area (TPSA) is 45.6 Å². The molecule has 0 saturated carbocycles. The van der Waals surface area contributed by atoms with Crippen molar-refractivity contribution in [1.29, 1.82) is 0 Å². The molecule has 2 aromatic rings. The van der Waals surface area contributed by atoms with Gasteiger partial charge in [-0.15, -0.1) is 0 Å². The summed E-state index contributed by atoms with van der Waals surface area (Å²) in [6, 6.07) is 7.87. The first kappa shape index (κ1) is 15.9. The van der Waals surface area contributed by atoms with Crippen LogP contribution in [0.2, 0.25) is 0 Å². The van der Waals surface area contributed by atoms with Gasteiger partial charge in [-0.25, -0.2) is 4.39 Å². The first-order valence-electron chi connectivity index (χ1n) is 7.77. The summed E-state index contributed by atoms with van der Waals surface area (Å²) in [5, 5.41) is 10.7. The monoisotopic (exact) mass is 316 g/mol. The SMILES string of the molecule is Cc1cnccc1CN1CC[C@@](O)(COc2ccc(F)cc2)C1. The maximum absolute atomic E-state index is 12.9. The fraction of sp³-hybridized carbons (Fsp3) is 0.389. The highest BCUT2D eigenvalue weighted by molar-refractivity contribution is 5.23. The van der Waals surface area contributed by atoms with Gasteiger partial charge in [0.2, 0.25) is 0 Å². The first-order valence-corrected chi connectivity index (χ1v) is 7.77. The molecule has 1 aliphatic rings. The van der Waals surface area contributed by atoms with E-state index in [9.17, 15) is 9.50 Å². The highest BCUT2D eigenvalue weighted by Crippen LogP contribution is 2.25. The van der Waals surface area contributed by atoms with E-state index in [1.54, 1.807) is 18.3 Å². The zero-order chi connectivity index (χ0) is 16.3. The number of aromatic nitrogens is 1. The molecule has 1 atom stereocenters. The van der Waals surface area contributed by atoms with Crippen molar-refractivity contribution in [3.63, 3.8) is 0 Å². The van der Waals surface area contributed by atoms with Crippen LogP contribution in [0.1, 0.15) is 17.5 Å². The molecule has 0 radical (unpaired) electrons. The van der Waals surface area contributed by atoms with Gasteiger partial charge >= 0.3 is 0 Å². The number of likely N-dealkylation sites (tertiary alicyclic amines) is 1. The molecule has 1 aliphatic heterocycles. The van der Waals surface area contributed by atoms with Crippen LogP contribution in [0, 0.1) is 12.7 Å². The number of rotatable bonds is 5. The molecule has 1 aromatic carbocycles. The minimum Gasteiger partial charge on any atom is -0.491 e. The molecule has 122 valence electrons. The summed E-state index contributed by atoms with van der Waals surface area (Å²) in [6.07, 6.45) is 4.32. The molecule has 3 rings (SSSR count). The van der Waals surface area contributed by atoms with Gasteiger partial charge in [0.05, 0.1) is 0 Å². The Balaban J connectivity index is 1.55. The molecule has 1 fully saturated rings. The number of pyridine rings is 1. The van der Waals surface area contributed by atoms with Gasteiger partial charge in [0.25, 0.3) is 0 Å². The summed E-state index contributed by atoms with van der Waals surface area (Å²) in [7, 11) is 0. The normalized spacial score (nSPS) is 21.5. The van der Waals surface area contributed by atoms with Crippen LogP contribution in [-0.2, 0) is 6.54 Å². The minimum absolute atomic E-state index is 0.213. The molecule has 0 bridgehead atoms. The summed E-state index contributed by atoms with van der Waals surface area (Å²) in [6.45, 7) is 4.45. The summed E-state index contributed by atoms with van der Waals surface area (Å²) < 4.78 is 18.5. The molecule has 0 aliphatic carbocycles. The second-order valence-corrected chi connectivity index (χ2v) is 6.23. The van der Waals surface area contributed by atoms with E-state index < -0.39 is 5.60 Å². The molecular formula is C18H21FN2O2. The molecule has 1 N–H and O–H groups in total. The number of ether oxygens (including phenoxy) is 1. The van der Waals surface area contributed by atoms with E-state index >= 15 is 0 Å². The van der Waals surface area contributed by atoms with Crippen LogP contribution in [0.3, 0.4) is 0 Å². The quantitative estimate of drug-likeness (QED) is 0.921. The van der Waals surface area contributed by atoms with Crippen LogP contribution in [0.5, 0.6) is 5.75 Å². The zero-order valence-corrected chi connectivity index (χ0v) is 13.2. The number of aryl methyl sites for hydroxylation is 1. The van der Waals surface area contributed by atoms with Crippen molar-refractivity contribution in [1.82, 2.24) is 9.88 Å². The van der Waals surface area contributed by atoms with Gasteiger partial charge in [-0.3, -0.25) is 9.88 Å². The fourth-order valence-corrected chi connectivity index (χ4v) is 2.86. The lowest BCUT2D eigenvalue weighted by Crippen LogP contribution is -2.39. The summed E-state index contributed by atoms with van der Waals surface area (Å²) in [4.78, 5) is 6.32. The number of nitrogens with zero attached hydrogens (tertiary/aromatic N) is 2. The van der Waals surface area contributed by atoms with Crippen LogP contribution in [-0.4, -0.2) is 40.3 Å². The van der Waals surface area contributed by atoms with Gasteiger partial charge in [-0.2, -0.15) is 0 Å². The summed E-state index contributed by atoms with van der Waals surface area (Å²) in [5.74, 6) is 0.277. The van der Waals surface area contributed by atoms with Crippen molar-refractivity contribution in [2.24, 2.45) is 0 Å². The van der Waals surface area contributed by atoms with E-state index in [0.29, 0.717) is 18.7 Å². The lowest BCUT2D eigenvalue weighted by Gasteiger charge is -2.24. The number of aliphatic hydroxyl groups is 1. The highest BCUT2D eigenvalue weighted by Gasteiger charge is 2.36. The Hall–Kier alpha value is -1.98. The van der Waals surface area contributed by atoms with Crippen molar-refractivity contribution in [2.75, 3.05) is 19.7 Å². The summed E-state index contributed by atoms with van der Waals surface area (Å²) >= 11 is 0. The van der Waals surface area contributed by atoms with E-state index in [4.69, 9.17) is 4.74 Å². The standard InChI is InChI=1S/C18H21FN2O2/c1-14-10-20-8-6-15(14)11-21-9-7-18(22,12-21)13-23-17-4-2-16(19)3-5-17/h2-6,8,10,22H,7,9,11-13H2,1H3/t18-/m0/s1. The average molecular weight is 316 g/mol. The smallest absolute Gasteiger partial charge is 0.123 e. The van der Waals surface area contributed by atoms with Gasteiger partial charge in [0.1, 0.15) is 23.8 Å². The zero-order valence-electron chi connectivity index (χ0n) is 13.2. The molecule has 5 heteroatoms. The third kappa shape index (κ3) is 4.06. The van der Waals surface area contributed by atoms with Crippen LogP contribution in [0.25, 0.3) is 0 Å². The summed E-state index contributed by atoms with van der Waals surface area (Å²) in [5.41, 5.74) is 1.52. The first-order chi connectivity index (χ1) is 11.0. The second-order valence-electron chi connectivity index (χ2n) is 6.23. The van der Waals surface area contributed by atoms with Crippen molar-refractivity contribution >= 4 is 0 Å². The van der Waals surface area contributed by atoms with E-state index in [1.165, 1.54) is 17.7 Å². The van der Waals surface area contributed by atoms with E-state index in [2.05, 4.69) is 9.88 Å². The molecular weight excluding hydrogens is 295 g/mol. The largest absolute Gasteiger partial charge is 0.491 e. The van der Waals surface area contributed by atoms with Gasteiger partial charge in [-0.05, 0) is 54.8 Å². The predicted molar refractivity (Wildman–Crippen MR) is 85.7 cm³/mol. The van der Waals surface area contributed by atoms with Gasteiger partial charge in [0, 0.05) is 32.0 Å². The fourth-order valence-electron chi connectivity index (χ4n) is 2.86. The van der Waals surface area contributed by atoms with Crippen molar-refractivity contribution in [3.05, 3.63) is 59.7 Å². The second kappa shape index (κ2) is 6.64. The van der Waals surface area contributed by atoms with Crippen molar-refractivity contribution < 1.29 is 14.2 Å². The average Bonchev–Trinajstić information content (AvgIpc) is 2.91. The van der Waals surface area contributed by atoms with Crippen LogP contribution in [0.4, 0.5) is 4.39 Å². The van der Waals surface area contributed by atoms with Crippen LogP contribution < -0.4 is 4.74 Å². The number of halogens is 1. The maximum atomic E-state index is 12.9. The van der Waals surface area contributed by atoms with Gasteiger partial charge in [-0.1, -0.05) is 0 Å². The third-order valence-electron chi connectivity index (χ3n) is 4.26. The number of benzene rings is 1. The number of β-amino-alcohol motifs (C(OH)–C–C–N with tert-alkyl or cyclic N) is 1. The van der Waals surface area contributed by atoms with Crippen LogP contribution >= 0.6 is 0 Å². The highest BCUT2D eigenvalue weighted by atomic mass is 19.1. The molecule has 2 heterocycles. The lowest BCUT2D eigenvalue weighted by atomic mass is 10.1. The molecule has 1 aromatic heterocycles. The lowest BCUT2D eigenvalue weighted by molar-refractivity contribution is 0.00335. The Kier molecular flexibility index (Phi) is 4.59. The van der Waals surface area contributed by atoms with Crippen LogP contribution in [0.15, 0.2) is 42.7 Å². The molecule has 0 spiro atoms. The Labute approximate surface area is 135 Å². The Morgan fingerprint density at radius 1 is 1.30 bits per heavy atom. The molecule has 0 amide bonds. The third-order valence-corrected chi connectivity index (χ3v) is 4.26. The predicted octanol–water partition coefficient (Wildman–Crippen LogP) is 2.54. The minimum atomic E-state index is -0.866. The molecule has 1 saturated heterocycles. The Morgan fingerprint density at radius 3 is 2.83 bits per heavy atom.